The predicted octanol–water partition coefficient (Wildman–Crippen LogP) is 3.45. The lowest BCUT2D eigenvalue weighted by atomic mass is 10.1. The number of benzene rings is 1. The van der Waals surface area contributed by atoms with E-state index in [0.29, 0.717) is 10.5 Å². The second kappa shape index (κ2) is 5.50. The van der Waals surface area contributed by atoms with Crippen LogP contribution in [0.3, 0.4) is 0 Å². The van der Waals surface area contributed by atoms with Crippen LogP contribution in [0.5, 0.6) is 5.75 Å². The fourth-order valence-electron chi connectivity index (χ4n) is 1.13. The number of rotatable bonds is 4. The molecule has 0 aliphatic carbocycles. The third kappa shape index (κ3) is 3.35. The molecule has 0 aliphatic heterocycles. The van der Waals surface area contributed by atoms with E-state index in [1.807, 2.05) is 0 Å². The molecule has 0 fully saturated rings. The summed E-state index contributed by atoms with van der Waals surface area (Å²) in [4.78, 5) is 11.4. The molecular weight excluding hydrogens is 258 g/mol. The van der Waals surface area contributed by atoms with Gasteiger partial charge in [0.1, 0.15) is 11.1 Å². The summed E-state index contributed by atoms with van der Waals surface area (Å²) in [5.41, 5.74) is 0.471. The van der Waals surface area contributed by atoms with Gasteiger partial charge in [0.2, 0.25) is 0 Å². The van der Waals surface area contributed by atoms with Crippen molar-refractivity contribution in [3.63, 3.8) is 0 Å². The van der Waals surface area contributed by atoms with Gasteiger partial charge in [0.25, 0.3) is 0 Å². The summed E-state index contributed by atoms with van der Waals surface area (Å²) in [6, 6.07) is 4.06. The van der Waals surface area contributed by atoms with Crippen LogP contribution >= 0.6 is 24.2 Å². The molecule has 1 atom stereocenters. The minimum Gasteiger partial charge on any atom is -0.435 e. The Morgan fingerprint density at radius 2 is 2.12 bits per heavy atom. The predicted molar refractivity (Wildman–Crippen MR) is 59.6 cm³/mol. The number of halogens is 3. The maximum atomic E-state index is 11.9. The van der Waals surface area contributed by atoms with E-state index in [1.54, 1.807) is 0 Å². The highest BCUT2D eigenvalue weighted by Crippen LogP contribution is 2.30. The second-order valence-electron chi connectivity index (χ2n) is 3.07. The number of ether oxygens (including phenoxy) is 1. The minimum absolute atomic E-state index is 0.0174. The fourth-order valence-corrected chi connectivity index (χ4v) is 1.73. The molecule has 1 aromatic rings. The van der Waals surface area contributed by atoms with Crippen LogP contribution in [0.25, 0.3) is 0 Å². The largest absolute Gasteiger partial charge is 0.435 e. The van der Waals surface area contributed by atoms with Crippen molar-refractivity contribution in [2.24, 2.45) is 0 Å². The van der Waals surface area contributed by atoms with Crippen LogP contribution in [0.15, 0.2) is 23.1 Å². The van der Waals surface area contributed by atoms with E-state index in [4.69, 9.17) is 11.6 Å². The molecule has 0 N–H and O–H groups in total. The Bertz CT molecular complexity index is 398. The van der Waals surface area contributed by atoms with Crippen molar-refractivity contribution in [3.05, 3.63) is 23.8 Å². The number of hydrogen-bond acceptors (Lipinski definition) is 3. The smallest absolute Gasteiger partial charge is 0.387 e. The van der Waals surface area contributed by atoms with Gasteiger partial charge in [-0.3, -0.25) is 4.79 Å². The quantitative estimate of drug-likeness (QED) is 0.667. The fraction of sp³-hybridized carbons (Fsp3) is 0.300. The Morgan fingerprint density at radius 1 is 1.50 bits per heavy atom. The lowest BCUT2D eigenvalue weighted by Gasteiger charge is -2.11. The molecule has 0 aliphatic rings. The number of Topliss-reactive ketones (excluding diaryl/α,β-unsaturated/α-hetero) is 1. The first-order valence-corrected chi connectivity index (χ1v) is 5.22. The maximum Gasteiger partial charge on any atom is 0.387 e. The molecule has 16 heavy (non-hydrogen) atoms. The molecule has 1 unspecified atom stereocenters. The van der Waals surface area contributed by atoms with Gasteiger partial charge in [-0.05, 0) is 24.6 Å². The lowest BCUT2D eigenvalue weighted by molar-refractivity contribution is -0.116. The van der Waals surface area contributed by atoms with Gasteiger partial charge >= 0.3 is 6.61 Å². The van der Waals surface area contributed by atoms with Gasteiger partial charge in [0, 0.05) is 4.90 Å². The Kier molecular flexibility index (Phi) is 4.56. The van der Waals surface area contributed by atoms with Crippen molar-refractivity contribution in [1.82, 2.24) is 0 Å². The average Bonchev–Trinajstić information content (AvgIpc) is 2.15. The first kappa shape index (κ1) is 13.3. The van der Waals surface area contributed by atoms with Crippen LogP contribution in [0.2, 0.25) is 0 Å². The Labute approximate surface area is 102 Å². The van der Waals surface area contributed by atoms with Gasteiger partial charge in [-0.25, -0.2) is 0 Å². The van der Waals surface area contributed by atoms with Crippen LogP contribution in [-0.2, 0) is 4.79 Å². The van der Waals surface area contributed by atoms with Crippen molar-refractivity contribution >= 4 is 30.0 Å². The molecule has 0 bridgehead atoms. The highest BCUT2D eigenvalue weighted by molar-refractivity contribution is 7.80. The van der Waals surface area contributed by atoms with E-state index >= 15 is 0 Å². The summed E-state index contributed by atoms with van der Waals surface area (Å²) in [7, 11) is 0. The number of hydrogen-bond donors (Lipinski definition) is 1. The van der Waals surface area contributed by atoms with Gasteiger partial charge in [0.15, 0.2) is 5.78 Å². The summed E-state index contributed by atoms with van der Waals surface area (Å²) >= 11 is 9.88. The van der Waals surface area contributed by atoms with E-state index in [1.165, 1.54) is 25.1 Å². The molecule has 2 nitrogen and oxygen atoms in total. The molecule has 0 saturated carbocycles. The Morgan fingerprint density at radius 3 is 2.56 bits per heavy atom. The number of carbonyl (C=O) groups excluding carboxylic acids is 1. The highest BCUT2D eigenvalue weighted by Gasteiger charge is 2.16. The zero-order valence-corrected chi connectivity index (χ0v) is 9.93. The van der Waals surface area contributed by atoms with Crippen molar-refractivity contribution < 1.29 is 18.3 Å². The summed E-state index contributed by atoms with van der Waals surface area (Å²) in [6.45, 7) is -1.55. The van der Waals surface area contributed by atoms with Gasteiger partial charge in [-0.1, -0.05) is 6.07 Å². The van der Waals surface area contributed by atoms with Crippen LogP contribution in [0, 0.1) is 0 Å². The van der Waals surface area contributed by atoms with E-state index in [0.717, 1.165) is 0 Å². The summed E-state index contributed by atoms with van der Waals surface area (Å²) < 4.78 is 28.0. The molecule has 0 aromatic heterocycles. The molecule has 0 amide bonds. The number of thiol groups is 1. The van der Waals surface area contributed by atoms with Gasteiger partial charge in [0.05, 0.1) is 0 Å². The molecule has 1 aromatic carbocycles. The molecule has 6 heteroatoms. The molecule has 0 radical (unpaired) electrons. The van der Waals surface area contributed by atoms with E-state index in [-0.39, 0.29) is 11.5 Å². The van der Waals surface area contributed by atoms with Gasteiger partial charge < -0.3 is 4.74 Å². The topological polar surface area (TPSA) is 26.3 Å². The van der Waals surface area contributed by atoms with Crippen molar-refractivity contribution in [2.45, 2.75) is 23.8 Å². The number of carbonyl (C=O) groups is 1. The Hall–Kier alpha value is -0.810. The monoisotopic (exact) mass is 266 g/mol. The van der Waals surface area contributed by atoms with E-state index in [2.05, 4.69) is 17.4 Å². The molecule has 0 spiro atoms. The summed E-state index contributed by atoms with van der Waals surface area (Å²) in [5, 5.41) is -0.826. The number of ketones is 1. The van der Waals surface area contributed by atoms with Crippen LogP contribution in [-0.4, -0.2) is 12.4 Å². The molecule has 0 saturated heterocycles. The molecule has 1 rings (SSSR count). The summed E-state index contributed by atoms with van der Waals surface area (Å²) in [5.74, 6) is -0.254. The minimum atomic E-state index is -2.89. The molecular formula is C10H9ClF2O2S. The molecule has 0 heterocycles. The zero-order chi connectivity index (χ0) is 12.3. The first-order valence-electron chi connectivity index (χ1n) is 4.34. The normalized spacial score (nSPS) is 12.6. The van der Waals surface area contributed by atoms with Crippen LogP contribution in [0.4, 0.5) is 8.78 Å². The summed E-state index contributed by atoms with van der Waals surface area (Å²) in [6.07, 6.45) is 0. The number of alkyl halides is 3. The van der Waals surface area contributed by atoms with Crippen molar-refractivity contribution in [3.8, 4) is 5.75 Å². The van der Waals surface area contributed by atoms with E-state index < -0.39 is 12.0 Å². The highest BCUT2D eigenvalue weighted by atomic mass is 35.5. The van der Waals surface area contributed by atoms with Crippen molar-refractivity contribution in [1.29, 1.82) is 0 Å². The second-order valence-corrected chi connectivity index (χ2v) is 3.99. The van der Waals surface area contributed by atoms with Crippen LogP contribution in [0.1, 0.15) is 17.9 Å². The standard InChI is InChI=1S/C10H9ClF2O2S/c1-5(14)9(11)7-3-2-6(4-8(7)16)15-10(12)13/h2-4,9-10,16H,1H3. The lowest BCUT2D eigenvalue weighted by Crippen LogP contribution is -2.05. The van der Waals surface area contributed by atoms with Crippen molar-refractivity contribution in [2.75, 3.05) is 0 Å². The maximum absolute atomic E-state index is 11.9. The molecule has 88 valence electrons. The van der Waals surface area contributed by atoms with Crippen LogP contribution < -0.4 is 4.74 Å². The first-order chi connectivity index (χ1) is 7.41. The third-order valence-electron chi connectivity index (χ3n) is 1.86. The zero-order valence-electron chi connectivity index (χ0n) is 8.28. The Balaban J connectivity index is 2.95. The van der Waals surface area contributed by atoms with Gasteiger partial charge in [-0.15, -0.1) is 24.2 Å². The average molecular weight is 267 g/mol. The van der Waals surface area contributed by atoms with Gasteiger partial charge in [-0.2, -0.15) is 8.78 Å². The third-order valence-corrected chi connectivity index (χ3v) is 2.79. The SMILES string of the molecule is CC(=O)C(Cl)c1ccc(OC(F)F)cc1S. The van der Waals surface area contributed by atoms with E-state index in [9.17, 15) is 13.6 Å².